The summed E-state index contributed by atoms with van der Waals surface area (Å²) in [5.41, 5.74) is 6.51. The number of hydrogen-bond donors (Lipinski definition) is 1. The van der Waals surface area contributed by atoms with Crippen LogP contribution in [0.15, 0.2) is 0 Å². The van der Waals surface area contributed by atoms with E-state index in [4.69, 9.17) is 5.73 Å². The lowest BCUT2D eigenvalue weighted by Crippen LogP contribution is -2.50. The zero-order valence-electron chi connectivity index (χ0n) is 11.0. The number of piperidine rings is 1. The number of rotatable bonds is 3. The summed E-state index contributed by atoms with van der Waals surface area (Å²) in [5, 5.41) is 0. The van der Waals surface area contributed by atoms with E-state index >= 15 is 0 Å². The number of nitrogens with two attached hydrogens (primary N) is 1. The van der Waals surface area contributed by atoms with Crippen LogP contribution in [0.1, 0.15) is 58.8 Å². The molecule has 2 N–H and O–H groups in total. The van der Waals surface area contributed by atoms with E-state index in [1.165, 1.54) is 51.5 Å². The highest BCUT2D eigenvalue weighted by atomic mass is 15.2. The molecule has 0 radical (unpaired) electrons. The van der Waals surface area contributed by atoms with Crippen LogP contribution in [0.2, 0.25) is 0 Å². The molecule has 1 aliphatic carbocycles. The lowest BCUT2D eigenvalue weighted by atomic mass is 9.83. The molecule has 2 rings (SSSR count). The van der Waals surface area contributed by atoms with Crippen molar-refractivity contribution in [3.05, 3.63) is 0 Å². The molecule has 0 aromatic carbocycles. The molecule has 2 nitrogen and oxygen atoms in total. The minimum absolute atomic E-state index is 0.458. The van der Waals surface area contributed by atoms with E-state index in [1.54, 1.807) is 0 Å². The topological polar surface area (TPSA) is 29.3 Å². The van der Waals surface area contributed by atoms with Crippen molar-refractivity contribution in [3.63, 3.8) is 0 Å². The van der Waals surface area contributed by atoms with Crippen molar-refractivity contribution in [3.8, 4) is 0 Å². The van der Waals surface area contributed by atoms with E-state index in [9.17, 15) is 0 Å². The molecule has 0 bridgehead atoms. The third-order valence-electron chi connectivity index (χ3n) is 4.99. The van der Waals surface area contributed by atoms with Crippen molar-refractivity contribution < 1.29 is 0 Å². The molecule has 2 aliphatic rings. The molecule has 0 aromatic heterocycles. The van der Waals surface area contributed by atoms with Crippen LogP contribution in [0.3, 0.4) is 0 Å². The molecule has 16 heavy (non-hydrogen) atoms. The molecular weight excluding hydrogens is 196 g/mol. The van der Waals surface area contributed by atoms with Crippen LogP contribution in [0.5, 0.6) is 0 Å². The van der Waals surface area contributed by atoms with Crippen LogP contribution in [0.4, 0.5) is 0 Å². The van der Waals surface area contributed by atoms with Gasteiger partial charge in [-0.05, 0) is 51.5 Å². The average molecular weight is 224 g/mol. The van der Waals surface area contributed by atoms with Crippen molar-refractivity contribution in [1.82, 2.24) is 4.90 Å². The van der Waals surface area contributed by atoms with Gasteiger partial charge in [-0.15, -0.1) is 0 Å². The Hall–Kier alpha value is -0.0800. The van der Waals surface area contributed by atoms with Crippen molar-refractivity contribution >= 4 is 0 Å². The third kappa shape index (κ3) is 2.43. The molecule has 0 spiro atoms. The Bertz CT molecular complexity index is 211. The van der Waals surface area contributed by atoms with Gasteiger partial charge in [-0.2, -0.15) is 0 Å². The molecule has 0 unspecified atom stereocenters. The molecule has 0 aromatic rings. The van der Waals surface area contributed by atoms with Crippen LogP contribution >= 0.6 is 0 Å². The van der Waals surface area contributed by atoms with Gasteiger partial charge in [0.1, 0.15) is 0 Å². The van der Waals surface area contributed by atoms with E-state index in [0.29, 0.717) is 5.41 Å². The summed E-state index contributed by atoms with van der Waals surface area (Å²) < 4.78 is 0. The Morgan fingerprint density at radius 2 is 1.62 bits per heavy atom. The Morgan fingerprint density at radius 1 is 1.06 bits per heavy atom. The van der Waals surface area contributed by atoms with Crippen LogP contribution in [0, 0.1) is 5.41 Å². The van der Waals surface area contributed by atoms with E-state index in [1.807, 2.05) is 0 Å². The summed E-state index contributed by atoms with van der Waals surface area (Å²) >= 11 is 0. The van der Waals surface area contributed by atoms with Gasteiger partial charge in [-0.1, -0.05) is 19.3 Å². The maximum Gasteiger partial charge on any atom is 0.00700 e. The van der Waals surface area contributed by atoms with Gasteiger partial charge in [-0.3, -0.25) is 4.90 Å². The van der Waals surface area contributed by atoms with E-state index in [2.05, 4.69) is 18.7 Å². The van der Waals surface area contributed by atoms with Gasteiger partial charge in [0.05, 0.1) is 0 Å². The lowest BCUT2D eigenvalue weighted by molar-refractivity contribution is 0.0525. The summed E-state index contributed by atoms with van der Waals surface area (Å²) in [6, 6.07) is 1.54. The van der Waals surface area contributed by atoms with Gasteiger partial charge in [-0.25, -0.2) is 0 Å². The first-order valence-electron chi connectivity index (χ1n) is 7.13. The minimum Gasteiger partial charge on any atom is -0.330 e. The van der Waals surface area contributed by atoms with Crippen molar-refractivity contribution in [1.29, 1.82) is 0 Å². The van der Waals surface area contributed by atoms with Crippen LogP contribution < -0.4 is 5.73 Å². The Labute approximate surface area is 101 Å². The molecule has 2 fully saturated rings. The highest BCUT2D eigenvalue weighted by Gasteiger charge is 2.37. The normalized spacial score (nSPS) is 35.4. The fourth-order valence-corrected chi connectivity index (χ4v) is 3.73. The molecule has 0 amide bonds. The lowest BCUT2D eigenvalue weighted by Gasteiger charge is -2.44. The molecule has 1 aliphatic heterocycles. The first kappa shape index (κ1) is 12.4. The molecule has 1 saturated heterocycles. The van der Waals surface area contributed by atoms with Crippen molar-refractivity contribution in [2.45, 2.75) is 70.9 Å². The molecule has 2 atom stereocenters. The number of likely N-dealkylation sites (tertiary alicyclic amines) is 1. The van der Waals surface area contributed by atoms with Crippen LogP contribution in [-0.4, -0.2) is 30.1 Å². The van der Waals surface area contributed by atoms with Crippen molar-refractivity contribution in [2.24, 2.45) is 11.1 Å². The minimum atomic E-state index is 0.458. The first-order chi connectivity index (χ1) is 7.67. The quantitative estimate of drug-likeness (QED) is 0.798. The zero-order chi connectivity index (χ0) is 11.6. The van der Waals surface area contributed by atoms with Crippen molar-refractivity contribution in [2.75, 3.05) is 13.1 Å². The van der Waals surface area contributed by atoms with E-state index in [-0.39, 0.29) is 0 Å². The Kier molecular flexibility index (Phi) is 3.91. The second-order valence-electron chi connectivity index (χ2n) is 6.21. The second kappa shape index (κ2) is 5.05. The third-order valence-corrected chi connectivity index (χ3v) is 4.99. The van der Waals surface area contributed by atoms with Gasteiger partial charge in [0.2, 0.25) is 0 Å². The predicted octanol–water partition coefficient (Wildman–Crippen LogP) is 2.77. The standard InChI is InChI=1S/C14H28N2/c1-12-6-5-7-13(2)16(12)11-14(10-15)8-3-4-9-14/h12-13H,3-11,15H2,1-2H3/t12-,13+. The largest absolute Gasteiger partial charge is 0.330 e. The van der Waals surface area contributed by atoms with Gasteiger partial charge < -0.3 is 5.73 Å². The first-order valence-corrected chi connectivity index (χ1v) is 7.13. The molecule has 1 heterocycles. The summed E-state index contributed by atoms with van der Waals surface area (Å²) in [4.78, 5) is 2.74. The van der Waals surface area contributed by atoms with Gasteiger partial charge in [0, 0.05) is 18.6 Å². The summed E-state index contributed by atoms with van der Waals surface area (Å²) in [6.07, 6.45) is 9.69. The summed E-state index contributed by atoms with van der Waals surface area (Å²) in [6.45, 7) is 6.94. The smallest absolute Gasteiger partial charge is 0.00700 e. The average Bonchev–Trinajstić information content (AvgIpc) is 2.73. The molecule has 1 saturated carbocycles. The van der Waals surface area contributed by atoms with E-state index < -0.39 is 0 Å². The maximum atomic E-state index is 6.05. The second-order valence-corrected chi connectivity index (χ2v) is 6.21. The summed E-state index contributed by atoms with van der Waals surface area (Å²) in [5.74, 6) is 0. The fourth-order valence-electron chi connectivity index (χ4n) is 3.73. The van der Waals surface area contributed by atoms with Crippen LogP contribution in [0.25, 0.3) is 0 Å². The highest BCUT2D eigenvalue weighted by molar-refractivity contribution is 4.92. The monoisotopic (exact) mass is 224 g/mol. The number of hydrogen-bond acceptors (Lipinski definition) is 2. The van der Waals surface area contributed by atoms with Gasteiger partial charge in [0.15, 0.2) is 0 Å². The number of nitrogens with zero attached hydrogens (tertiary/aromatic N) is 1. The SMILES string of the molecule is C[C@@H]1CCC[C@H](C)N1CC1(CN)CCCC1. The molecule has 94 valence electrons. The Balaban J connectivity index is 2.00. The fraction of sp³-hybridized carbons (Fsp3) is 1.00. The predicted molar refractivity (Wildman–Crippen MR) is 69.4 cm³/mol. The Morgan fingerprint density at radius 3 is 2.12 bits per heavy atom. The molecule has 2 heteroatoms. The van der Waals surface area contributed by atoms with Gasteiger partial charge >= 0.3 is 0 Å². The van der Waals surface area contributed by atoms with Gasteiger partial charge in [0.25, 0.3) is 0 Å². The maximum absolute atomic E-state index is 6.05. The molecular formula is C14H28N2. The summed E-state index contributed by atoms with van der Waals surface area (Å²) in [7, 11) is 0. The van der Waals surface area contributed by atoms with E-state index in [0.717, 1.165) is 18.6 Å². The highest BCUT2D eigenvalue weighted by Crippen LogP contribution is 2.39. The zero-order valence-corrected chi connectivity index (χ0v) is 11.0. The van der Waals surface area contributed by atoms with Crippen LogP contribution in [-0.2, 0) is 0 Å².